The fraction of sp³-hybridized carbons (Fsp3) is 0.556. The smallest absolute Gasteiger partial charge is 0.338 e. The molecule has 4 heteroatoms. The quantitative estimate of drug-likeness (QED) is 0.532. The lowest BCUT2D eigenvalue weighted by atomic mass is 10.1. The van der Waals surface area contributed by atoms with Gasteiger partial charge in [-0.2, -0.15) is 0 Å². The van der Waals surface area contributed by atoms with E-state index in [0.717, 1.165) is 19.3 Å². The number of ether oxygens (including phenoxy) is 2. The van der Waals surface area contributed by atoms with Gasteiger partial charge in [0.25, 0.3) is 0 Å². The molecule has 22 heavy (non-hydrogen) atoms. The number of rotatable bonds is 8. The Morgan fingerprint density at radius 2 is 1.50 bits per heavy atom. The molecular formula is C18H26O4. The van der Waals surface area contributed by atoms with E-state index in [1.54, 1.807) is 24.3 Å². The van der Waals surface area contributed by atoms with Crippen LogP contribution in [0.15, 0.2) is 24.3 Å². The van der Waals surface area contributed by atoms with Crippen molar-refractivity contribution in [1.82, 2.24) is 0 Å². The molecule has 0 aliphatic heterocycles. The van der Waals surface area contributed by atoms with Gasteiger partial charge in [-0.3, -0.25) is 0 Å². The normalized spacial score (nSPS) is 12.0. The molecule has 0 saturated heterocycles. The molecule has 4 nitrogen and oxygen atoms in total. The van der Waals surface area contributed by atoms with Crippen molar-refractivity contribution >= 4 is 11.9 Å². The Labute approximate surface area is 132 Å². The van der Waals surface area contributed by atoms with Crippen molar-refractivity contribution in [1.29, 1.82) is 0 Å². The van der Waals surface area contributed by atoms with E-state index < -0.39 is 0 Å². The Morgan fingerprint density at radius 3 is 2.00 bits per heavy atom. The Morgan fingerprint density at radius 1 is 0.955 bits per heavy atom. The molecule has 0 aromatic heterocycles. The molecule has 0 fully saturated rings. The van der Waals surface area contributed by atoms with Gasteiger partial charge in [-0.15, -0.1) is 0 Å². The van der Waals surface area contributed by atoms with Crippen LogP contribution in [-0.2, 0) is 9.47 Å². The maximum atomic E-state index is 11.9. The molecule has 1 atom stereocenters. The number of benzene rings is 1. The topological polar surface area (TPSA) is 52.6 Å². The van der Waals surface area contributed by atoms with Crippen LogP contribution in [0.1, 0.15) is 67.7 Å². The Kier molecular flexibility index (Phi) is 7.64. The summed E-state index contributed by atoms with van der Waals surface area (Å²) in [5, 5.41) is 0. The first kappa shape index (κ1) is 18.2. The SMILES string of the molecule is CCCCCOC(=O)c1ccc(C(=O)OC(C)C(C)C)cc1. The second kappa shape index (κ2) is 9.23. The summed E-state index contributed by atoms with van der Waals surface area (Å²) in [6.07, 6.45) is 2.87. The first-order valence-corrected chi connectivity index (χ1v) is 7.93. The first-order valence-electron chi connectivity index (χ1n) is 7.93. The van der Waals surface area contributed by atoms with Gasteiger partial charge >= 0.3 is 11.9 Å². The van der Waals surface area contributed by atoms with E-state index in [1.807, 2.05) is 20.8 Å². The summed E-state index contributed by atoms with van der Waals surface area (Å²) >= 11 is 0. The molecule has 0 N–H and O–H groups in total. The molecule has 0 saturated carbocycles. The third-order valence-electron chi connectivity index (χ3n) is 3.57. The van der Waals surface area contributed by atoms with Crippen LogP contribution in [0, 0.1) is 5.92 Å². The van der Waals surface area contributed by atoms with Crippen LogP contribution < -0.4 is 0 Å². The lowest BCUT2D eigenvalue weighted by Crippen LogP contribution is -2.20. The van der Waals surface area contributed by atoms with Crippen molar-refractivity contribution in [3.8, 4) is 0 Å². The minimum atomic E-state index is -0.371. The molecule has 1 unspecified atom stereocenters. The number of hydrogen-bond acceptors (Lipinski definition) is 4. The fourth-order valence-corrected chi connectivity index (χ4v) is 1.72. The Bertz CT molecular complexity index is 476. The van der Waals surface area contributed by atoms with Gasteiger partial charge in [0.1, 0.15) is 6.10 Å². The molecule has 0 amide bonds. The minimum Gasteiger partial charge on any atom is -0.462 e. The molecule has 0 bridgehead atoms. The molecule has 1 aromatic carbocycles. The monoisotopic (exact) mass is 306 g/mol. The Hall–Kier alpha value is -1.84. The van der Waals surface area contributed by atoms with Crippen LogP contribution in [0.5, 0.6) is 0 Å². The Balaban J connectivity index is 2.55. The number of hydrogen-bond donors (Lipinski definition) is 0. The van der Waals surface area contributed by atoms with Gasteiger partial charge in [-0.05, 0) is 43.5 Å². The third-order valence-corrected chi connectivity index (χ3v) is 3.57. The van der Waals surface area contributed by atoms with E-state index in [4.69, 9.17) is 9.47 Å². The van der Waals surface area contributed by atoms with Crippen molar-refractivity contribution < 1.29 is 19.1 Å². The summed E-state index contributed by atoms with van der Waals surface area (Å²) in [6, 6.07) is 6.38. The van der Waals surface area contributed by atoms with Gasteiger partial charge in [0.15, 0.2) is 0 Å². The molecule has 122 valence electrons. The van der Waals surface area contributed by atoms with Crippen molar-refractivity contribution in [3.63, 3.8) is 0 Å². The van der Waals surface area contributed by atoms with E-state index in [9.17, 15) is 9.59 Å². The molecule has 1 rings (SSSR count). The lowest BCUT2D eigenvalue weighted by molar-refractivity contribution is 0.0237. The standard InChI is InChI=1S/C18H26O4/c1-5-6-7-12-21-17(19)15-8-10-16(11-9-15)18(20)22-14(4)13(2)3/h8-11,13-14H,5-7,12H2,1-4H3. The van der Waals surface area contributed by atoms with Crippen molar-refractivity contribution in [3.05, 3.63) is 35.4 Å². The zero-order valence-electron chi connectivity index (χ0n) is 13.9. The molecule has 0 spiro atoms. The highest BCUT2D eigenvalue weighted by Gasteiger charge is 2.15. The summed E-state index contributed by atoms with van der Waals surface area (Å²) in [5.74, 6) is -0.461. The van der Waals surface area contributed by atoms with Crippen molar-refractivity contribution in [2.45, 2.75) is 53.1 Å². The van der Waals surface area contributed by atoms with Gasteiger partial charge in [0, 0.05) is 0 Å². The molecule has 0 aliphatic carbocycles. The summed E-state index contributed by atoms with van der Waals surface area (Å²) in [4.78, 5) is 23.8. The predicted octanol–water partition coefficient (Wildman–Crippen LogP) is 4.23. The number of carbonyl (C=O) groups excluding carboxylic acids is 2. The van der Waals surface area contributed by atoms with E-state index >= 15 is 0 Å². The van der Waals surface area contributed by atoms with Crippen LogP contribution in [0.25, 0.3) is 0 Å². The zero-order chi connectivity index (χ0) is 16.5. The average molecular weight is 306 g/mol. The number of esters is 2. The van der Waals surface area contributed by atoms with E-state index in [-0.39, 0.29) is 24.0 Å². The van der Waals surface area contributed by atoms with Gasteiger partial charge in [-0.1, -0.05) is 33.6 Å². The van der Waals surface area contributed by atoms with Crippen molar-refractivity contribution in [2.24, 2.45) is 5.92 Å². The van der Waals surface area contributed by atoms with E-state index in [2.05, 4.69) is 6.92 Å². The zero-order valence-corrected chi connectivity index (χ0v) is 13.9. The van der Waals surface area contributed by atoms with Gasteiger partial charge < -0.3 is 9.47 Å². The lowest BCUT2D eigenvalue weighted by Gasteiger charge is -2.16. The highest BCUT2D eigenvalue weighted by Crippen LogP contribution is 2.12. The molecule has 0 radical (unpaired) electrons. The minimum absolute atomic E-state index is 0.143. The van der Waals surface area contributed by atoms with E-state index in [0.29, 0.717) is 17.7 Å². The van der Waals surface area contributed by atoms with Gasteiger partial charge in [0.2, 0.25) is 0 Å². The van der Waals surface area contributed by atoms with Crippen LogP contribution >= 0.6 is 0 Å². The molecule has 0 heterocycles. The van der Waals surface area contributed by atoms with Crippen LogP contribution in [0.2, 0.25) is 0 Å². The summed E-state index contributed by atoms with van der Waals surface area (Å²) in [6.45, 7) is 8.39. The number of carbonyl (C=O) groups is 2. The summed E-state index contributed by atoms with van der Waals surface area (Å²) in [5.41, 5.74) is 0.889. The average Bonchev–Trinajstić information content (AvgIpc) is 2.51. The van der Waals surface area contributed by atoms with Crippen LogP contribution in [0.3, 0.4) is 0 Å². The fourth-order valence-electron chi connectivity index (χ4n) is 1.72. The second-order valence-corrected chi connectivity index (χ2v) is 5.77. The summed E-state index contributed by atoms with van der Waals surface area (Å²) < 4.78 is 10.5. The largest absolute Gasteiger partial charge is 0.462 e. The third kappa shape index (κ3) is 5.88. The predicted molar refractivity (Wildman–Crippen MR) is 86.0 cm³/mol. The highest BCUT2D eigenvalue weighted by atomic mass is 16.5. The second-order valence-electron chi connectivity index (χ2n) is 5.77. The maximum absolute atomic E-state index is 11.9. The maximum Gasteiger partial charge on any atom is 0.338 e. The van der Waals surface area contributed by atoms with Gasteiger partial charge in [-0.25, -0.2) is 9.59 Å². The highest BCUT2D eigenvalue weighted by molar-refractivity contribution is 5.93. The number of unbranched alkanes of at least 4 members (excludes halogenated alkanes) is 2. The van der Waals surface area contributed by atoms with Crippen LogP contribution in [0.4, 0.5) is 0 Å². The van der Waals surface area contributed by atoms with Gasteiger partial charge in [0.05, 0.1) is 17.7 Å². The molecule has 0 aliphatic rings. The van der Waals surface area contributed by atoms with Crippen LogP contribution in [-0.4, -0.2) is 24.6 Å². The van der Waals surface area contributed by atoms with E-state index in [1.165, 1.54) is 0 Å². The van der Waals surface area contributed by atoms with Crippen molar-refractivity contribution in [2.75, 3.05) is 6.61 Å². The molecule has 1 aromatic rings. The molecular weight excluding hydrogens is 280 g/mol. The first-order chi connectivity index (χ1) is 10.5. The summed E-state index contributed by atoms with van der Waals surface area (Å²) in [7, 11) is 0.